The number of nitrogens with two attached hydrogens (primary N) is 1. The fourth-order valence-electron chi connectivity index (χ4n) is 1.89. The van der Waals surface area contributed by atoms with Crippen molar-refractivity contribution in [2.45, 2.75) is 38.1 Å². The van der Waals surface area contributed by atoms with Crippen molar-refractivity contribution in [2.24, 2.45) is 5.73 Å². The maximum Gasteiger partial charge on any atom is 0.0700 e. The smallest absolute Gasteiger partial charge is 0.0700 e. The highest BCUT2D eigenvalue weighted by Gasteiger charge is 2.08. The molecule has 1 unspecified atom stereocenters. The number of hydrogen-bond donors (Lipinski definition) is 1. The van der Waals surface area contributed by atoms with Gasteiger partial charge in [0, 0.05) is 19.8 Å². The molecule has 0 aromatic rings. The standard InChI is InChI=1S/C12H23NO2/c1-14-8-9-15-7-3-5-11-4-2-6-12(13)10-11/h10,12H,2-9,13H2,1H3. The molecular weight excluding hydrogens is 190 g/mol. The number of methoxy groups -OCH3 is 1. The van der Waals surface area contributed by atoms with E-state index in [2.05, 4.69) is 6.08 Å². The highest BCUT2D eigenvalue weighted by molar-refractivity contribution is 5.09. The molecule has 1 rings (SSSR count). The summed E-state index contributed by atoms with van der Waals surface area (Å²) >= 11 is 0. The summed E-state index contributed by atoms with van der Waals surface area (Å²) in [6.07, 6.45) is 8.10. The van der Waals surface area contributed by atoms with Crippen molar-refractivity contribution in [1.29, 1.82) is 0 Å². The molecule has 0 aromatic carbocycles. The topological polar surface area (TPSA) is 44.5 Å². The molecule has 0 aromatic heterocycles. The lowest BCUT2D eigenvalue weighted by molar-refractivity contribution is 0.0694. The van der Waals surface area contributed by atoms with Crippen LogP contribution in [0.15, 0.2) is 11.6 Å². The van der Waals surface area contributed by atoms with Gasteiger partial charge in [-0.1, -0.05) is 11.6 Å². The zero-order chi connectivity index (χ0) is 10.9. The molecule has 0 saturated heterocycles. The van der Waals surface area contributed by atoms with Gasteiger partial charge in [0.15, 0.2) is 0 Å². The molecule has 3 heteroatoms. The van der Waals surface area contributed by atoms with Crippen LogP contribution in [0.2, 0.25) is 0 Å². The predicted molar refractivity (Wildman–Crippen MR) is 61.8 cm³/mol. The molecular formula is C12H23NO2. The lowest BCUT2D eigenvalue weighted by atomic mass is 9.93. The van der Waals surface area contributed by atoms with E-state index in [0.717, 1.165) is 25.9 Å². The molecule has 1 aliphatic rings. The normalized spacial score (nSPS) is 21.5. The second kappa shape index (κ2) is 7.85. The van der Waals surface area contributed by atoms with Crippen molar-refractivity contribution >= 4 is 0 Å². The Morgan fingerprint density at radius 2 is 2.27 bits per heavy atom. The molecule has 0 spiro atoms. The van der Waals surface area contributed by atoms with Gasteiger partial charge >= 0.3 is 0 Å². The summed E-state index contributed by atoms with van der Waals surface area (Å²) < 4.78 is 10.3. The Balaban J connectivity index is 1.99. The quantitative estimate of drug-likeness (QED) is 0.518. The highest BCUT2D eigenvalue weighted by Crippen LogP contribution is 2.20. The average molecular weight is 213 g/mol. The van der Waals surface area contributed by atoms with E-state index in [9.17, 15) is 0 Å². The number of hydrogen-bond acceptors (Lipinski definition) is 3. The number of ether oxygens (including phenoxy) is 2. The summed E-state index contributed by atoms with van der Waals surface area (Å²) in [7, 11) is 1.69. The molecule has 0 heterocycles. The van der Waals surface area contributed by atoms with Gasteiger partial charge in [0.1, 0.15) is 0 Å². The molecule has 0 bridgehead atoms. The Kier molecular flexibility index (Phi) is 6.64. The molecule has 0 amide bonds. The lowest BCUT2D eigenvalue weighted by Gasteiger charge is -2.17. The first-order valence-electron chi connectivity index (χ1n) is 5.84. The molecule has 88 valence electrons. The van der Waals surface area contributed by atoms with Crippen molar-refractivity contribution in [3.8, 4) is 0 Å². The minimum Gasteiger partial charge on any atom is -0.382 e. The SMILES string of the molecule is COCCOCCCC1=CC(N)CCC1. The Hall–Kier alpha value is -0.380. The summed E-state index contributed by atoms with van der Waals surface area (Å²) in [6.45, 7) is 2.22. The van der Waals surface area contributed by atoms with Gasteiger partial charge in [-0.2, -0.15) is 0 Å². The first-order chi connectivity index (χ1) is 7.33. The van der Waals surface area contributed by atoms with E-state index in [4.69, 9.17) is 15.2 Å². The molecule has 0 aliphatic heterocycles. The summed E-state index contributed by atoms with van der Waals surface area (Å²) in [5, 5.41) is 0. The molecule has 1 aliphatic carbocycles. The van der Waals surface area contributed by atoms with Crippen LogP contribution < -0.4 is 5.73 Å². The number of allylic oxidation sites excluding steroid dienone is 1. The molecule has 0 radical (unpaired) electrons. The van der Waals surface area contributed by atoms with E-state index >= 15 is 0 Å². The third-order valence-electron chi connectivity index (χ3n) is 2.70. The Morgan fingerprint density at radius 3 is 3.00 bits per heavy atom. The Labute approximate surface area is 92.6 Å². The molecule has 15 heavy (non-hydrogen) atoms. The fourth-order valence-corrected chi connectivity index (χ4v) is 1.89. The maximum atomic E-state index is 5.87. The summed E-state index contributed by atoms with van der Waals surface area (Å²) in [5.74, 6) is 0. The van der Waals surface area contributed by atoms with Crippen LogP contribution in [0.3, 0.4) is 0 Å². The molecule has 2 N–H and O–H groups in total. The van der Waals surface area contributed by atoms with Crippen LogP contribution in [0.25, 0.3) is 0 Å². The second-order valence-corrected chi connectivity index (χ2v) is 4.09. The minimum absolute atomic E-state index is 0.295. The van der Waals surface area contributed by atoms with Gasteiger partial charge in [-0.05, 0) is 32.1 Å². The van der Waals surface area contributed by atoms with Crippen LogP contribution in [-0.2, 0) is 9.47 Å². The predicted octanol–water partition coefficient (Wildman–Crippen LogP) is 1.87. The average Bonchev–Trinajstić information content (AvgIpc) is 2.23. The monoisotopic (exact) mass is 213 g/mol. The zero-order valence-corrected chi connectivity index (χ0v) is 9.71. The zero-order valence-electron chi connectivity index (χ0n) is 9.71. The Morgan fingerprint density at radius 1 is 1.40 bits per heavy atom. The van der Waals surface area contributed by atoms with Crippen LogP contribution in [-0.4, -0.2) is 33.0 Å². The van der Waals surface area contributed by atoms with Crippen LogP contribution in [0.1, 0.15) is 32.1 Å². The van der Waals surface area contributed by atoms with Crippen LogP contribution >= 0.6 is 0 Å². The van der Waals surface area contributed by atoms with E-state index in [0.29, 0.717) is 19.3 Å². The number of rotatable bonds is 7. The van der Waals surface area contributed by atoms with Gasteiger partial charge in [-0.25, -0.2) is 0 Å². The van der Waals surface area contributed by atoms with Gasteiger partial charge in [-0.15, -0.1) is 0 Å². The van der Waals surface area contributed by atoms with E-state index in [-0.39, 0.29) is 0 Å². The van der Waals surface area contributed by atoms with E-state index in [1.165, 1.54) is 18.4 Å². The van der Waals surface area contributed by atoms with Crippen LogP contribution in [0.5, 0.6) is 0 Å². The summed E-state index contributed by atoms with van der Waals surface area (Å²) in [5.41, 5.74) is 7.39. The van der Waals surface area contributed by atoms with Crippen LogP contribution in [0.4, 0.5) is 0 Å². The first-order valence-corrected chi connectivity index (χ1v) is 5.84. The van der Waals surface area contributed by atoms with Gasteiger partial charge in [-0.3, -0.25) is 0 Å². The van der Waals surface area contributed by atoms with Crippen molar-refractivity contribution in [3.05, 3.63) is 11.6 Å². The Bertz CT molecular complexity index is 192. The van der Waals surface area contributed by atoms with Crippen LogP contribution in [0, 0.1) is 0 Å². The highest BCUT2D eigenvalue weighted by atomic mass is 16.5. The molecule has 0 fully saturated rings. The van der Waals surface area contributed by atoms with Crippen molar-refractivity contribution in [3.63, 3.8) is 0 Å². The molecule has 3 nitrogen and oxygen atoms in total. The first kappa shape index (κ1) is 12.7. The maximum absolute atomic E-state index is 5.87. The largest absolute Gasteiger partial charge is 0.382 e. The second-order valence-electron chi connectivity index (χ2n) is 4.09. The van der Waals surface area contributed by atoms with Crippen molar-refractivity contribution in [2.75, 3.05) is 26.9 Å². The van der Waals surface area contributed by atoms with E-state index in [1.54, 1.807) is 7.11 Å². The van der Waals surface area contributed by atoms with E-state index < -0.39 is 0 Å². The van der Waals surface area contributed by atoms with Gasteiger partial charge in [0.05, 0.1) is 13.2 Å². The lowest BCUT2D eigenvalue weighted by Crippen LogP contribution is -2.20. The summed E-state index contributed by atoms with van der Waals surface area (Å²) in [4.78, 5) is 0. The van der Waals surface area contributed by atoms with Gasteiger partial charge in [0.2, 0.25) is 0 Å². The third kappa shape index (κ3) is 5.92. The van der Waals surface area contributed by atoms with Gasteiger partial charge in [0.25, 0.3) is 0 Å². The van der Waals surface area contributed by atoms with Crippen molar-refractivity contribution < 1.29 is 9.47 Å². The molecule has 1 atom stereocenters. The van der Waals surface area contributed by atoms with Gasteiger partial charge < -0.3 is 15.2 Å². The molecule has 0 saturated carbocycles. The van der Waals surface area contributed by atoms with E-state index in [1.807, 2.05) is 0 Å². The minimum atomic E-state index is 0.295. The third-order valence-corrected chi connectivity index (χ3v) is 2.70. The summed E-state index contributed by atoms with van der Waals surface area (Å²) in [6, 6.07) is 0.295. The van der Waals surface area contributed by atoms with Crippen molar-refractivity contribution in [1.82, 2.24) is 0 Å². The fraction of sp³-hybridized carbons (Fsp3) is 0.833.